The number of benzene rings is 2. The third-order valence-corrected chi connectivity index (χ3v) is 5.90. The Labute approximate surface area is 201 Å². The molecule has 0 fully saturated rings. The van der Waals surface area contributed by atoms with Crippen molar-refractivity contribution in [3.05, 3.63) is 63.6 Å². The maximum absolute atomic E-state index is 13.2. The van der Waals surface area contributed by atoms with Gasteiger partial charge >= 0.3 is 5.97 Å². The van der Waals surface area contributed by atoms with Crippen molar-refractivity contribution in [2.45, 2.75) is 13.8 Å². The van der Waals surface area contributed by atoms with Gasteiger partial charge in [0.15, 0.2) is 0 Å². The van der Waals surface area contributed by atoms with Crippen LogP contribution in [0.25, 0.3) is 0 Å². The Morgan fingerprint density at radius 2 is 1.84 bits per heavy atom. The van der Waals surface area contributed by atoms with Gasteiger partial charge in [-0.1, -0.05) is 39.7 Å². The largest absolute Gasteiger partial charge is 0.465 e. The highest BCUT2D eigenvalue weighted by atomic mass is 79.9. The average molecular weight is 523 g/mol. The fraction of sp³-hybridized carbons (Fsp3) is 0.348. The molecule has 0 aliphatic carbocycles. The van der Waals surface area contributed by atoms with Crippen LogP contribution in [0.4, 0.5) is 5.69 Å². The monoisotopic (exact) mass is 521 g/mol. The summed E-state index contributed by atoms with van der Waals surface area (Å²) in [6.45, 7) is 4.09. The number of esters is 1. The first-order valence-corrected chi connectivity index (χ1v) is 11.3. The molecule has 0 radical (unpaired) electrons. The molecule has 170 valence electrons. The summed E-state index contributed by atoms with van der Waals surface area (Å²) in [6, 6.07) is 14.5. The summed E-state index contributed by atoms with van der Waals surface area (Å²) in [6.07, 6.45) is 0. The van der Waals surface area contributed by atoms with Crippen molar-refractivity contribution in [1.29, 1.82) is 0 Å². The number of methoxy groups -OCH3 is 1. The summed E-state index contributed by atoms with van der Waals surface area (Å²) in [5.41, 5.74) is 0.978. The third-order valence-electron chi connectivity index (χ3n) is 5.12. The number of rotatable bonds is 8. The normalized spacial score (nSPS) is 17.8. The van der Waals surface area contributed by atoms with E-state index in [0.717, 1.165) is 10.0 Å². The smallest absolute Gasteiger partial charge is 0.319 e. The number of halogens is 2. The molecular formula is C23H25BrClN3O4. The Balaban J connectivity index is 1.87. The topological polar surface area (TPSA) is 71.4 Å². The molecule has 2 aromatic carbocycles. The second kappa shape index (κ2) is 10.5. The molecule has 1 amide bonds. The van der Waals surface area contributed by atoms with Gasteiger partial charge in [0.25, 0.3) is 0 Å². The van der Waals surface area contributed by atoms with E-state index < -0.39 is 5.41 Å². The van der Waals surface area contributed by atoms with Crippen molar-refractivity contribution in [2.24, 2.45) is 10.5 Å². The Kier molecular flexibility index (Phi) is 7.92. The van der Waals surface area contributed by atoms with E-state index in [4.69, 9.17) is 21.1 Å². The van der Waals surface area contributed by atoms with Crippen LogP contribution in [0, 0.1) is 5.41 Å². The highest BCUT2D eigenvalue weighted by Crippen LogP contribution is 2.33. The summed E-state index contributed by atoms with van der Waals surface area (Å²) < 4.78 is 11.5. The summed E-state index contributed by atoms with van der Waals surface area (Å²) in [5.74, 6) is -0.591. The number of carbonyl (C=O) groups excluding carboxylic acids is 2. The van der Waals surface area contributed by atoms with Crippen molar-refractivity contribution >= 4 is 50.8 Å². The van der Waals surface area contributed by atoms with Crippen LogP contribution in [0.2, 0.25) is 5.02 Å². The number of ether oxygens (including phenoxy) is 2. The van der Waals surface area contributed by atoms with E-state index in [1.807, 2.05) is 36.4 Å². The zero-order valence-corrected chi connectivity index (χ0v) is 20.5. The first-order valence-electron chi connectivity index (χ1n) is 10.1. The second-order valence-electron chi connectivity index (χ2n) is 7.55. The lowest BCUT2D eigenvalue weighted by molar-refractivity contribution is -0.150. The van der Waals surface area contributed by atoms with Crippen molar-refractivity contribution in [2.75, 3.05) is 38.4 Å². The van der Waals surface area contributed by atoms with Crippen molar-refractivity contribution in [1.82, 2.24) is 5.01 Å². The maximum Gasteiger partial charge on any atom is 0.319 e. The van der Waals surface area contributed by atoms with Gasteiger partial charge in [0, 0.05) is 22.3 Å². The van der Waals surface area contributed by atoms with E-state index in [-0.39, 0.29) is 38.3 Å². The predicted octanol–water partition coefficient (Wildman–Crippen LogP) is 4.33. The van der Waals surface area contributed by atoms with Crippen molar-refractivity contribution in [3.8, 4) is 0 Å². The molecule has 1 heterocycles. The molecule has 1 atom stereocenters. The molecule has 0 N–H and O–H groups in total. The molecule has 0 saturated carbocycles. The molecule has 1 aliphatic heterocycles. The van der Waals surface area contributed by atoms with Crippen LogP contribution in [-0.2, 0) is 19.1 Å². The SMILES string of the molecule is CCOC(=O)C1(C)CN(CC(=O)N(COC)c2ccc(Br)cc2)N=C1c1ccc(Cl)cc1. The maximum atomic E-state index is 13.2. The highest BCUT2D eigenvalue weighted by molar-refractivity contribution is 9.10. The lowest BCUT2D eigenvalue weighted by atomic mass is 9.82. The van der Waals surface area contributed by atoms with Gasteiger partial charge in [0.1, 0.15) is 18.7 Å². The zero-order valence-electron chi connectivity index (χ0n) is 18.2. The Morgan fingerprint density at radius 3 is 2.44 bits per heavy atom. The van der Waals surface area contributed by atoms with Crippen LogP contribution in [0.1, 0.15) is 19.4 Å². The number of anilines is 1. The minimum Gasteiger partial charge on any atom is -0.465 e. The molecule has 7 nitrogen and oxygen atoms in total. The van der Waals surface area contributed by atoms with Gasteiger partial charge in [0.05, 0.1) is 18.9 Å². The molecule has 0 aromatic heterocycles. The Bertz CT molecular complexity index is 997. The lowest BCUT2D eigenvalue weighted by Crippen LogP contribution is -2.43. The van der Waals surface area contributed by atoms with Crippen molar-refractivity contribution < 1.29 is 19.1 Å². The average Bonchev–Trinajstić information content (AvgIpc) is 3.10. The fourth-order valence-electron chi connectivity index (χ4n) is 3.54. The molecule has 0 spiro atoms. The molecule has 0 bridgehead atoms. The number of amides is 1. The van der Waals surface area contributed by atoms with Gasteiger partial charge in [-0.2, -0.15) is 5.10 Å². The van der Waals surface area contributed by atoms with Crippen LogP contribution in [0.5, 0.6) is 0 Å². The van der Waals surface area contributed by atoms with Crippen LogP contribution < -0.4 is 4.90 Å². The fourth-order valence-corrected chi connectivity index (χ4v) is 3.93. The molecule has 9 heteroatoms. The van der Waals surface area contributed by atoms with Crippen molar-refractivity contribution in [3.63, 3.8) is 0 Å². The number of hydrogen-bond acceptors (Lipinski definition) is 6. The molecule has 1 unspecified atom stereocenters. The van der Waals surface area contributed by atoms with Crippen LogP contribution in [0.15, 0.2) is 58.1 Å². The lowest BCUT2D eigenvalue weighted by Gasteiger charge is -2.26. The quantitative estimate of drug-likeness (QED) is 0.381. The van der Waals surface area contributed by atoms with E-state index in [0.29, 0.717) is 16.4 Å². The first-order chi connectivity index (χ1) is 15.3. The first kappa shape index (κ1) is 24.2. The number of hydrogen-bond donors (Lipinski definition) is 0. The van der Waals surface area contributed by atoms with E-state index in [1.165, 1.54) is 12.0 Å². The van der Waals surface area contributed by atoms with Gasteiger partial charge < -0.3 is 9.47 Å². The molecule has 3 rings (SSSR count). The van der Waals surface area contributed by atoms with E-state index in [2.05, 4.69) is 21.0 Å². The molecule has 32 heavy (non-hydrogen) atoms. The van der Waals surface area contributed by atoms with Crippen LogP contribution in [-0.4, -0.2) is 56.1 Å². The minimum atomic E-state index is -1.02. The minimum absolute atomic E-state index is 0.0223. The standard InChI is InChI=1S/C23H25BrClN3O4/c1-4-32-22(30)23(2)14-27(26-21(23)16-5-9-18(25)10-6-16)13-20(29)28(15-31-3)19-11-7-17(24)8-12-19/h5-12H,4,13-15H2,1-3H3. The Morgan fingerprint density at radius 1 is 1.19 bits per heavy atom. The molecule has 1 aliphatic rings. The van der Waals surface area contributed by atoms with Gasteiger partial charge in [0.2, 0.25) is 5.91 Å². The Hall–Kier alpha value is -2.42. The third kappa shape index (κ3) is 5.31. The summed E-state index contributed by atoms with van der Waals surface area (Å²) in [7, 11) is 1.53. The zero-order chi connectivity index (χ0) is 23.3. The van der Waals surface area contributed by atoms with Gasteiger partial charge in [-0.3, -0.25) is 19.5 Å². The second-order valence-corrected chi connectivity index (χ2v) is 8.90. The number of hydrazone groups is 1. The van der Waals surface area contributed by atoms with Crippen LogP contribution >= 0.6 is 27.5 Å². The van der Waals surface area contributed by atoms with E-state index >= 15 is 0 Å². The van der Waals surface area contributed by atoms with Gasteiger partial charge in [-0.15, -0.1) is 0 Å². The summed E-state index contributed by atoms with van der Waals surface area (Å²) in [5, 5.41) is 6.83. The summed E-state index contributed by atoms with van der Waals surface area (Å²) in [4.78, 5) is 27.6. The highest BCUT2D eigenvalue weighted by Gasteiger charge is 2.47. The van der Waals surface area contributed by atoms with E-state index in [1.54, 1.807) is 31.0 Å². The summed E-state index contributed by atoms with van der Waals surface area (Å²) >= 11 is 9.43. The molecule has 0 saturated heterocycles. The predicted molar refractivity (Wildman–Crippen MR) is 128 cm³/mol. The number of carbonyl (C=O) groups is 2. The molecule has 2 aromatic rings. The molecular weight excluding hydrogens is 498 g/mol. The number of nitrogens with zero attached hydrogens (tertiary/aromatic N) is 3. The van der Waals surface area contributed by atoms with Gasteiger partial charge in [-0.25, -0.2) is 0 Å². The van der Waals surface area contributed by atoms with Gasteiger partial charge in [-0.05, 0) is 55.8 Å². The van der Waals surface area contributed by atoms with E-state index in [9.17, 15) is 9.59 Å². The van der Waals surface area contributed by atoms with Crippen LogP contribution in [0.3, 0.4) is 0 Å².